The van der Waals surface area contributed by atoms with Gasteiger partial charge in [-0.3, -0.25) is 13.9 Å². The molecule has 0 bridgehead atoms. The van der Waals surface area contributed by atoms with E-state index >= 15 is 0 Å². The van der Waals surface area contributed by atoms with Crippen molar-refractivity contribution >= 4 is 19.5 Å². The number of carboxylic acid groups (broad SMARTS) is 1. The van der Waals surface area contributed by atoms with Gasteiger partial charge in [0, 0.05) is 7.85 Å². The quantitative estimate of drug-likeness (QED) is 0.280. The average Bonchev–Trinajstić information content (AvgIpc) is 2.64. The van der Waals surface area contributed by atoms with Crippen LogP contribution in [-0.4, -0.2) is 40.3 Å². The largest absolute Gasteiger partial charge is 0.479 e. The van der Waals surface area contributed by atoms with Gasteiger partial charge in [-0.25, -0.2) is 4.79 Å². The van der Waals surface area contributed by atoms with Crippen molar-refractivity contribution in [3.05, 3.63) is 35.9 Å². The highest BCUT2D eigenvalue weighted by molar-refractivity contribution is 7.53. The first-order valence-corrected chi connectivity index (χ1v) is 11.7. The Morgan fingerprint density at radius 2 is 1.97 bits per heavy atom. The molecule has 1 saturated carbocycles. The molecule has 2 rings (SSSR count). The third kappa shape index (κ3) is 7.55. The van der Waals surface area contributed by atoms with Crippen LogP contribution in [0.2, 0.25) is 0 Å². The minimum absolute atomic E-state index is 0. The summed E-state index contributed by atoms with van der Waals surface area (Å²) in [5.41, 5.74) is 6.41. The van der Waals surface area contributed by atoms with Crippen LogP contribution in [0.5, 0.6) is 0 Å². The van der Waals surface area contributed by atoms with Gasteiger partial charge in [-0.15, -0.1) is 0 Å². The molecule has 1 aromatic rings. The first kappa shape index (κ1) is 23.5. The summed E-state index contributed by atoms with van der Waals surface area (Å²) in [7, 11) is -4.38. The van der Waals surface area contributed by atoms with Crippen LogP contribution in [-0.2, 0) is 25.1 Å². The van der Waals surface area contributed by atoms with Crippen LogP contribution in [0.15, 0.2) is 30.3 Å². The van der Waals surface area contributed by atoms with Crippen molar-refractivity contribution in [3.8, 4) is 0 Å². The molecule has 8 nitrogen and oxygen atoms in total. The van der Waals surface area contributed by atoms with Crippen LogP contribution in [0.1, 0.15) is 51.9 Å². The van der Waals surface area contributed by atoms with Crippen molar-refractivity contribution in [1.29, 1.82) is 0 Å². The van der Waals surface area contributed by atoms with E-state index in [9.17, 15) is 24.2 Å². The van der Waals surface area contributed by atoms with E-state index in [4.69, 9.17) is 10.3 Å². The van der Waals surface area contributed by atoms with E-state index in [0.29, 0.717) is 38.6 Å². The van der Waals surface area contributed by atoms with E-state index in [1.54, 1.807) is 0 Å². The van der Waals surface area contributed by atoms with Gasteiger partial charge in [0.25, 0.3) is 0 Å². The van der Waals surface area contributed by atoms with Crippen LogP contribution >= 0.6 is 7.60 Å². The van der Waals surface area contributed by atoms with Gasteiger partial charge < -0.3 is 21.1 Å². The minimum Gasteiger partial charge on any atom is -0.479 e. The predicted octanol–water partition coefficient (Wildman–Crippen LogP) is 2.89. The van der Waals surface area contributed by atoms with E-state index < -0.39 is 25.5 Å². The van der Waals surface area contributed by atoms with Gasteiger partial charge in [0.05, 0.1) is 0 Å². The van der Waals surface area contributed by atoms with E-state index in [-0.39, 0.29) is 26.1 Å². The van der Waals surface area contributed by atoms with E-state index in [1.807, 2.05) is 30.3 Å². The molecule has 9 heteroatoms. The smallest absolute Gasteiger partial charge is 0.351 e. The molecule has 3 atom stereocenters. The number of carboxylic acids is 1. The molecule has 1 aliphatic rings. The molecule has 0 aliphatic heterocycles. The Labute approximate surface area is 172 Å². The number of aliphatic carboxylic acids is 1. The van der Waals surface area contributed by atoms with Crippen LogP contribution in [0.4, 0.5) is 0 Å². The van der Waals surface area contributed by atoms with Crippen molar-refractivity contribution in [2.24, 2.45) is 11.7 Å². The zero-order valence-electron chi connectivity index (χ0n) is 16.5. The van der Waals surface area contributed by atoms with E-state index in [2.05, 4.69) is 5.32 Å². The summed E-state index contributed by atoms with van der Waals surface area (Å²) in [6.07, 6.45) is 2.75. The second-order valence-corrected chi connectivity index (χ2v) is 9.37. The highest BCUT2D eigenvalue weighted by atomic mass is 31.2. The summed E-state index contributed by atoms with van der Waals surface area (Å²) in [4.78, 5) is 34.4. The number of rotatable bonds is 13. The maximum absolute atomic E-state index is 12.9. The van der Waals surface area contributed by atoms with Crippen LogP contribution < -0.4 is 11.1 Å². The Hall–Kier alpha value is -1.73. The molecule has 1 amide bonds. The maximum atomic E-state index is 12.9. The number of nitrogens with two attached hydrogens (primary N) is 1. The predicted molar refractivity (Wildman–Crippen MR) is 111 cm³/mol. The Balaban J connectivity index is 0.00000450. The number of carbonyl (C=O) groups excluding carboxylic acids is 1. The van der Waals surface area contributed by atoms with Gasteiger partial charge >= 0.3 is 13.6 Å². The topological polar surface area (TPSA) is 139 Å². The third-order valence-electron chi connectivity index (χ3n) is 5.21. The lowest BCUT2D eigenvalue weighted by molar-refractivity contribution is -0.145. The molecule has 164 valence electrons. The van der Waals surface area contributed by atoms with Crippen LogP contribution in [0.25, 0.3) is 0 Å². The molecular weight excluding hydrogens is 395 g/mol. The Bertz CT molecular complexity index is 717. The standard InChI is InChI=1S/C20H31N2O6P.H2/c21-14-5-4-11-17(20(24)25)28-29(26,27)19(16-9-6-10-16)22-18(23)13-12-15-7-2-1-3-8-15;/h1-3,7-8,16-17,19H,4-6,9-14,21H2,(H,22,23)(H,24,25)(H,26,27);1H. The number of nitrogens with one attached hydrogen (secondary N) is 1. The summed E-state index contributed by atoms with van der Waals surface area (Å²) in [5.74, 6) is -2.92. The van der Waals surface area contributed by atoms with Gasteiger partial charge in [0.1, 0.15) is 5.78 Å². The van der Waals surface area contributed by atoms with Crippen molar-refractivity contribution < 1.29 is 30.1 Å². The number of aryl methyl sites for hydroxylation is 1. The summed E-state index contributed by atoms with van der Waals surface area (Å²) in [6, 6.07) is 9.49. The highest BCUT2D eigenvalue weighted by Gasteiger charge is 2.44. The fourth-order valence-corrected chi connectivity index (χ4v) is 5.13. The molecule has 0 spiro atoms. The lowest BCUT2D eigenvalue weighted by Crippen LogP contribution is -2.44. The third-order valence-corrected chi connectivity index (χ3v) is 7.02. The van der Waals surface area contributed by atoms with Gasteiger partial charge in [-0.05, 0) is 56.6 Å². The first-order valence-electron chi connectivity index (χ1n) is 10.1. The first-order chi connectivity index (χ1) is 13.8. The van der Waals surface area contributed by atoms with Crippen molar-refractivity contribution in [2.45, 2.75) is 63.3 Å². The fraction of sp³-hybridized carbons (Fsp3) is 0.600. The SMILES string of the molecule is NCCCCC(OP(=O)(O)C(NC(=O)CCc1ccccc1)C1CCC1)C(=O)O.[HH]. The molecule has 0 aromatic heterocycles. The van der Waals surface area contributed by atoms with Crippen molar-refractivity contribution in [2.75, 3.05) is 6.54 Å². The molecule has 29 heavy (non-hydrogen) atoms. The van der Waals surface area contributed by atoms with Gasteiger partial charge in [0.15, 0.2) is 6.10 Å². The lowest BCUT2D eigenvalue weighted by atomic mass is 9.85. The second kappa shape index (κ2) is 11.5. The summed E-state index contributed by atoms with van der Waals surface area (Å²) < 4.78 is 18.1. The number of hydrogen-bond donors (Lipinski definition) is 4. The molecular formula is C20H33N2O6P. The lowest BCUT2D eigenvalue weighted by Gasteiger charge is -2.36. The average molecular weight is 428 g/mol. The number of amides is 1. The Morgan fingerprint density at radius 3 is 2.52 bits per heavy atom. The van der Waals surface area contributed by atoms with Gasteiger partial charge in [0.2, 0.25) is 5.91 Å². The molecule has 1 aliphatic carbocycles. The number of carbonyl (C=O) groups is 2. The number of unbranched alkanes of at least 4 members (excludes halogenated alkanes) is 1. The molecule has 0 radical (unpaired) electrons. The summed E-state index contributed by atoms with van der Waals surface area (Å²) >= 11 is 0. The van der Waals surface area contributed by atoms with Crippen LogP contribution in [0.3, 0.4) is 0 Å². The monoisotopic (exact) mass is 428 g/mol. The highest BCUT2D eigenvalue weighted by Crippen LogP contribution is 2.54. The summed E-state index contributed by atoms with van der Waals surface area (Å²) in [5, 5.41) is 12.0. The van der Waals surface area contributed by atoms with Crippen molar-refractivity contribution in [1.82, 2.24) is 5.32 Å². The van der Waals surface area contributed by atoms with Gasteiger partial charge in [-0.1, -0.05) is 36.8 Å². The van der Waals surface area contributed by atoms with Gasteiger partial charge in [-0.2, -0.15) is 0 Å². The molecule has 1 aromatic carbocycles. The minimum atomic E-state index is -4.38. The van der Waals surface area contributed by atoms with E-state index in [1.165, 1.54) is 0 Å². The Morgan fingerprint density at radius 1 is 1.28 bits per heavy atom. The molecule has 0 heterocycles. The second-order valence-electron chi connectivity index (χ2n) is 7.47. The molecule has 0 saturated heterocycles. The zero-order valence-corrected chi connectivity index (χ0v) is 17.4. The number of benzene rings is 1. The Kier molecular flexibility index (Phi) is 9.30. The fourth-order valence-electron chi connectivity index (χ4n) is 3.30. The zero-order chi connectivity index (χ0) is 21.3. The van der Waals surface area contributed by atoms with Crippen molar-refractivity contribution in [3.63, 3.8) is 0 Å². The van der Waals surface area contributed by atoms with E-state index in [0.717, 1.165) is 12.0 Å². The summed E-state index contributed by atoms with van der Waals surface area (Å²) in [6.45, 7) is 0.408. The molecule has 3 unspecified atom stereocenters. The maximum Gasteiger partial charge on any atom is 0.351 e. The molecule has 1 fully saturated rings. The molecule has 5 N–H and O–H groups in total. The van der Waals surface area contributed by atoms with Crippen LogP contribution in [0, 0.1) is 5.92 Å². The number of hydrogen-bond acceptors (Lipinski definition) is 5. The normalized spacial score (nSPS) is 18.3.